The molecular formula is C13H16ClN3O2S2. The van der Waals surface area contributed by atoms with E-state index < -0.39 is 10.0 Å². The fourth-order valence-corrected chi connectivity index (χ4v) is 3.66. The number of nitrogens with zero attached hydrogens (tertiary/aromatic N) is 1. The van der Waals surface area contributed by atoms with Crippen molar-refractivity contribution in [2.24, 2.45) is 0 Å². The molecule has 0 atom stereocenters. The molecule has 0 aliphatic rings. The topological polar surface area (TPSA) is 71.1 Å². The summed E-state index contributed by atoms with van der Waals surface area (Å²) in [6.07, 6.45) is 0.569. The summed E-state index contributed by atoms with van der Waals surface area (Å²) in [6, 6.07) is 4.69. The van der Waals surface area contributed by atoms with Crippen molar-refractivity contribution in [3.63, 3.8) is 0 Å². The average Bonchev–Trinajstić information content (AvgIpc) is 2.94. The van der Waals surface area contributed by atoms with Gasteiger partial charge in [-0.3, -0.25) is 0 Å². The molecule has 0 bridgehead atoms. The van der Waals surface area contributed by atoms with Crippen LogP contribution in [0, 0.1) is 0 Å². The Bertz CT molecular complexity index is 687. The molecular weight excluding hydrogens is 330 g/mol. The van der Waals surface area contributed by atoms with Crippen molar-refractivity contribution >= 4 is 33.0 Å². The first-order valence-corrected chi connectivity index (χ1v) is 9.13. The van der Waals surface area contributed by atoms with Crippen LogP contribution in [-0.4, -0.2) is 27.0 Å². The zero-order valence-electron chi connectivity index (χ0n) is 11.5. The number of sulfonamides is 1. The van der Waals surface area contributed by atoms with E-state index in [1.807, 2.05) is 5.38 Å². The van der Waals surface area contributed by atoms with Crippen LogP contribution >= 0.6 is 22.9 Å². The number of nitrogens with one attached hydrogen (secondary N) is 2. The van der Waals surface area contributed by atoms with Gasteiger partial charge in [-0.05, 0) is 30.8 Å². The molecule has 0 spiro atoms. The minimum Gasteiger partial charge on any atom is -0.316 e. The van der Waals surface area contributed by atoms with Crippen LogP contribution in [0.15, 0.2) is 34.0 Å². The quantitative estimate of drug-likeness (QED) is 0.805. The minimum absolute atomic E-state index is 0.218. The zero-order chi connectivity index (χ0) is 15.3. The molecule has 21 heavy (non-hydrogen) atoms. The molecule has 0 aliphatic heterocycles. The lowest BCUT2D eigenvalue weighted by Crippen LogP contribution is -2.26. The van der Waals surface area contributed by atoms with Crippen molar-refractivity contribution in [1.82, 2.24) is 15.0 Å². The summed E-state index contributed by atoms with van der Waals surface area (Å²) in [7, 11) is -1.75. The maximum Gasteiger partial charge on any atom is 0.240 e. The molecule has 0 saturated carbocycles. The van der Waals surface area contributed by atoms with Crippen LogP contribution in [0.1, 0.15) is 11.3 Å². The van der Waals surface area contributed by atoms with E-state index in [1.165, 1.54) is 17.4 Å². The summed E-state index contributed by atoms with van der Waals surface area (Å²) in [5.41, 5.74) is 3.36. The molecule has 0 amide bonds. The van der Waals surface area contributed by atoms with Crippen molar-refractivity contribution in [3.05, 3.63) is 45.4 Å². The van der Waals surface area contributed by atoms with Gasteiger partial charge < -0.3 is 5.32 Å². The first kappa shape index (κ1) is 16.4. The van der Waals surface area contributed by atoms with E-state index in [9.17, 15) is 8.42 Å². The van der Waals surface area contributed by atoms with Crippen LogP contribution in [0.25, 0.3) is 0 Å². The van der Waals surface area contributed by atoms with Gasteiger partial charge in [0.2, 0.25) is 10.0 Å². The Balaban J connectivity index is 2.06. The molecule has 1 aromatic heterocycles. The highest BCUT2D eigenvalue weighted by Gasteiger charge is 2.15. The van der Waals surface area contributed by atoms with E-state index in [4.69, 9.17) is 11.6 Å². The lowest BCUT2D eigenvalue weighted by molar-refractivity contribution is 0.581. The highest BCUT2D eigenvalue weighted by molar-refractivity contribution is 7.89. The number of halogens is 1. The van der Waals surface area contributed by atoms with Crippen LogP contribution in [0.2, 0.25) is 5.02 Å². The number of hydrogen-bond acceptors (Lipinski definition) is 5. The summed E-state index contributed by atoms with van der Waals surface area (Å²) < 4.78 is 27.0. The lowest BCUT2D eigenvalue weighted by atomic mass is 10.2. The highest BCUT2D eigenvalue weighted by Crippen LogP contribution is 2.20. The summed E-state index contributed by atoms with van der Waals surface area (Å²) in [5, 5.41) is 5.41. The van der Waals surface area contributed by atoms with Gasteiger partial charge in [0.15, 0.2) is 0 Å². The molecule has 2 aromatic rings. The zero-order valence-corrected chi connectivity index (χ0v) is 13.9. The Hall–Kier alpha value is -0.990. The molecule has 2 rings (SSSR count). The van der Waals surface area contributed by atoms with Crippen molar-refractivity contribution < 1.29 is 8.42 Å². The summed E-state index contributed by atoms with van der Waals surface area (Å²) in [4.78, 5) is 4.33. The second kappa shape index (κ2) is 7.33. The Morgan fingerprint density at radius 1 is 1.38 bits per heavy atom. The van der Waals surface area contributed by atoms with Crippen molar-refractivity contribution in [1.29, 1.82) is 0 Å². The van der Waals surface area contributed by atoms with Gasteiger partial charge in [0.1, 0.15) is 0 Å². The van der Waals surface area contributed by atoms with Crippen molar-refractivity contribution in [2.75, 3.05) is 13.6 Å². The van der Waals surface area contributed by atoms with Crippen LogP contribution in [0.3, 0.4) is 0 Å². The number of benzene rings is 1. The molecule has 0 unspecified atom stereocenters. The highest BCUT2D eigenvalue weighted by atomic mass is 35.5. The minimum atomic E-state index is -3.53. The molecule has 5 nitrogen and oxygen atoms in total. The third-order valence-electron chi connectivity index (χ3n) is 2.85. The molecule has 2 N–H and O–H groups in total. The number of rotatable bonds is 7. The monoisotopic (exact) mass is 345 g/mol. The van der Waals surface area contributed by atoms with Crippen LogP contribution < -0.4 is 10.0 Å². The van der Waals surface area contributed by atoms with Gasteiger partial charge >= 0.3 is 0 Å². The van der Waals surface area contributed by atoms with E-state index in [-0.39, 0.29) is 4.90 Å². The van der Waals surface area contributed by atoms with E-state index in [0.29, 0.717) is 24.5 Å². The van der Waals surface area contributed by atoms with Crippen LogP contribution in [-0.2, 0) is 23.0 Å². The molecule has 0 radical (unpaired) electrons. The third-order valence-corrected chi connectivity index (χ3v) is 5.31. The van der Waals surface area contributed by atoms with Crippen molar-refractivity contribution in [2.45, 2.75) is 17.9 Å². The predicted molar refractivity (Wildman–Crippen MR) is 85.2 cm³/mol. The summed E-state index contributed by atoms with van der Waals surface area (Å²) in [5.74, 6) is 0. The Morgan fingerprint density at radius 2 is 2.19 bits per heavy atom. The molecule has 0 saturated heterocycles. The third kappa shape index (κ3) is 4.49. The van der Waals surface area contributed by atoms with Crippen LogP contribution in [0.4, 0.5) is 0 Å². The largest absolute Gasteiger partial charge is 0.316 e. The molecule has 8 heteroatoms. The maximum absolute atomic E-state index is 12.2. The number of aromatic nitrogens is 1. The molecule has 114 valence electrons. The van der Waals surface area contributed by atoms with E-state index >= 15 is 0 Å². The van der Waals surface area contributed by atoms with Crippen LogP contribution in [0.5, 0.6) is 0 Å². The van der Waals surface area contributed by atoms with E-state index in [0.717, 1.165) is 11.3 Å². The Morgan fingerprint density at radius 3 is 2.86 bits per heavy atom. The lowest BCUT2D eigenvalue weighted by Gasteiger charge is -2.09. The second-order valence-electron chi connectivity index (χ2n) is 4.41. The van der Waals surface area contributed by atoms with E-state index in [2.05, 4.69) is 15.0 Å². The maximum atomic E-state index is 12.2. The van der Waals surface area contributed by atoms with Gasteiger partial charge in [-0.25, -0.2) is 18.1 Å². The van der Waals surface area contributed by atoms with Gasteiger partial charge in [-0.2, -0.15) is 0 Å². The molecule has 1 aromatic carbocycles. The molecule has 0 aliphatic carbocycles. The normalized spacial score (nSPS) is 11.7. The molecule has 0 fully saturated rings. The number of hydrogen-bond donors (Lipinski definition) is 2. The fraction of sp³-hybridized carbons (Fsp3) is 0.308. The Kier molecular flexibility index (Phi) is 5.72. The average molecular weight is 346 g/mol. The molecule has 1 heterocycles. The number of thiazole rings is 1. The standard InChI is InChI=1S/C13H16ClN3O2S2/c1-15-7-10-6-12(2-3-13(10)14)21(18,19)17-5-4-11-8-20-9-16-11/h2-3,6,8-9,15,17H,4-5,7H2,1H3. The van der Waals surface area contributed by atoms with Gasteiger partial charge in [0, 0.05) is 29.9 Å². The van der Waals surface area contributed by atoms with Crippen molar-refractivity contribution in [3.8, 4) is 0 Å². The summed E-state index contributed by atoms with van der Waals surface area (Å²) in [6.45, 7) is 0.830. The van der Waals surface area contributed by atoms with Gasteiger partial charge in [-0.15, -0.1) is 11.3 Å². The predicted octanol–water partition coefficient (Wildman–Crippen LogP) is 2.04. The fourth-order valence-electron chi connectivity index (χ4n) is 1.80. The van der Waals surface area contributed by atoms with E-state index in [1.54, 1.807) is 24.7 Å². The second-order valence-corrected chi connectivity index (χ2v) is 7.30. The van der Waals surface area contributed by atoms with Gasteiger partial charge in [0.25, 0.3) is 0 Å². The van der Waals surface area contributed by atoms with Gasteiger partial charge in [0.05, 0.1) is 16.1 Å². The van der Waals surface area contributed by atoms with Gasteiger partial charge in [-0.1, -0.05) is 11.6 Å². The Labute approximate surface area is 133 Å². The SMILES string of the molecule is CNCc1cc(S(=O)(=O)NCCc2cscn2)ccc1Cl. The smallest absolute Gasteiger partial charge is 0.240 e. The first-order chi connectivity index (χ1) is 10.0. The first-order valence-electron chi connectivity index (χ1n) is 6.32. The summed E-state index contributed by atoms with van der Waals surface area (Å²) >= 11 is 7.53.